The van der Waals surface area contributed by atoms with Crippen molar-refractivity contribution < 1.29 is 15.0 Å². The predicted octanol–water partition coefficient (Wildman–Crippen LogP) is 3.37. The van der Waals surface area contributed by atoms with Gasteiger partial charge in [0.15, 0.2) is 0 Å². The van der Waals surface area contributed by atoms with Crippen molar-refractivity contribution >= 4 is 5.97 Å². The summed E-state index contributed by atoms with van der Waals surface area (Å²) >= 11 is 0. The summed E-state index contributed by atoms with van der Waals surface area (Å²) in [5.74, 6) is -0.852. The highest BCUT2D eigenvalue weighted by Gasteiger charge is 2.16. The lowest BCUT2D eigenvalue weighted by molar-refractivity contribution is 0.0697. The summed E-state index contributed by atoms with van der Waals surface area (Å²) in [7, 11) is 0. The number of aromatic carboxylic acids is 1. The molecule has 0 aliphatic rings. The number of hydrogen-bond acceptors (Lipinski definition) is 2. The van der Waals surface area contributed by atoms with Crippen LogP contribution in [0.3, 0.4) is 0 Å². The van der Waals surface area contributed by atoms with E-state index in [9.17, 15) is 15.0 Å². The topological polar surface area (TPSA) is 57.5 Å². The Labute approximate surface area is 105 Å². The van der Waals surface area contributed by atoms with Gasteiger partial charge in [0.2, 0.25) is 0 Å². The normalized spacial score (nSPS) is 10.3. The highest BCUT2D eigenvalue weighted by Crippen LogP contribution is 2.34. The molecule has 0 bridgehead atoms. The molecule has 0 heterocycles. The van der Waals surface area contributed by atoms with Crippen LogP contribution in [0.2, 0.25) is 0 Å². The van der Waals surface area contributed by atoms with E-state index in [1.165, 1.54) is 0 Å². The van der Waals surface area contributed by atoms with Gasteiger partial charge < -0.3 is 10.2 Å². The Morgan fingerprint density at radius 2 is 1.50 bits per heavy atom. The van der Waals surface area contributed by atoms with Crippen LogP contribution in [0.4, 0.5) is 0 Å². The van der Waals surface area contributed by atoms with Gasteiger partial charge in [-0.15, -0.1) is 0 Å². The minimum atomic E-state index is -0.982. The molecule has 2 rings (SSSR count). The molecule has 0 saturated heterocycles. The second kappa shape index (κ2) is 4.53. The van der Waals surface area contributed by atoms with Crippen LogP contribution in [0.5, 0.6) is 5.75 Å². The zero-order valence-electron chi connectivity index (χ0n) is 10.3. The van der Waals surface area contributed by atoms with E-state index in [1.54, 1.807) is 50.2 Å². The van der Waals surface area contributed by atoms with Gasteiger partial charge in [-0.2, -0.15) is 0 Å². The lowest BCUT2D eigenvalue weighted by Crippen LogP contribution is -2.02. The maximum atomic E-state index is 11.3. The van der Waals surface area contributed by atoms with Crippen molar-refractivity contribution in [3.8, 4) is 16.9 Å². The van der Waals surface area contributed by atoms with Gasteiger partial charge in [0, 0.05) is 11.1 Å². The zero-order valence-corrected chi connectivity index (χ0v) is 10.3. The molecule has 0 radical (unpaired) electrons. The molecule has 2 N–H and O–H groups in total. The number of carbonyl (C=O) groups is 1. The molecule has 3 nitrogen and oxygen atoms in total. The first-order chi connectivity index (χ1) is 8.52. The van der Waals surface area contributed by atoms with E-state index in [0.29, 0.717) is 16.7 Å². The van der Waals surface area contributed by atoms with Crippen molar-refractivity contribution in [3.05, 3.63) is 53.1 Å². The summed E-state index contributed by atoms with van der Waals surface area (Å²) < 4.78 is 0. The van der Waals surface area contributed by atoms with Crippen LogP contribution in [0.25, 0.3) is 11.1 Å². The number of para-hydroxylation sites is 1. The zero-order chi connectivity index (χ0) is 13.3. The van der Waals surface area contributed by atoms with Gasteiger partial charge in [0.25, 0.3) is 0 Å². The largest absolute Gasteiger partial charge is 0.507 e. The third kappa shape index (κ3) is 1.95. The number of carboxylic acids is 1. The van der Waals surface area contributed by atoms with Gasteiger partial charge in [0.1, 0.15) is 5.75 Å². The monoisotopic (exact) mass is 242 g/mol. The third-order valence-electron chi connectivity index (χ3n) is 3.01. The van der Waals surface area contributed by atoms with Crippen molar-refractivity contribution in [2.45, 2.75) is 13.8 Å². The lowest BCUT2D eigenvalue weighted by Gasteiger charge is -2.11. The maximum absolute atomic E-state index is 11.3. The standard InChI is InChI=1S/C15H14O3/c1-9-5-3-7-11(13(9)15(17)18)12-8-4-6-10(2)14(12)16/h3-8,16H,1-2H3,(H,17,18). The predicted molar refractivity (Wildman–Crippen MR) is 70.0 cm³/mol. The molecule has 92 valence electrons. The van der Waals surface area contributed by atoms with E-state index in [1.807, 2.05) is 0 Å². The van der Waals surface area contributed by atoms with Crippen LogP contribution in [-0.2, 0) is 0 Å². The Hall–Kier alpha value is -2.29. The van der Waals surface area contributed by atoms with Crippen molar-refractivity contribution in [1.82, 2.24) is 0 Å². The summed E-state index contributed by atoms with van der Waals surface area (Å²) in [4.78, 5) is 11.3. The molecule has 0 unspecified atom stereocenters. The Balaban J connectivity index is 2.75. The number of aromatic hydroxyl groups is 1. The first kappa shape index (κ1) is 12.2. The summed E-state index contributed by atoms with van der Waals surface area (Å²) in [6.07, 6.45) is 0. The van der Waals surface area contributed by atoms with E-state index < -0.39 is 5.97 Å². The van der Waals surface area contributed by atoms with Gasteiger partial charge in [-0.1, -0.05) is 36.4 Å². The average Bonchev–Trinajstić information content (AvgIpc) is 2.32. The molecule has 0 aliphatic heterocycles. The summed E-state index contributed by atoms with van der Waals surface area (Å²) in [5, 5.41) is 19.3. The van der Waals surface area contributed by atoms with Crippen molar-refractivity contribution in [2.75, 3.05) is 0 Å². The molecule has 3 heteroatoms. The molecule has 18 heavy (non-hydrogen) atoms. The minimum absolute atomic E-state index is 0.130. The molecule has 0 amide bonds. The van der Waals surface area contributed by atoms with Gasteiger partial charge >= 0.3 is 5.97 Å². The lowest BCUT2D eigenvalue weighted by atomic mass is 9.94. The van der Waals surface area contributed by atoms with Crippen LogP contribution in [0.1, 0.15) is 21.5 Å². The maximum Gasteiger partial charge on any atom is 0.336 e. The molecular formula is C15H14O3. The Morgan fingerprint density at radius 3 is 2.11 bits per heavy atom. The number of aryl methyl sites for hydroxylation is 2. The SMILES string of the molecule is Cc1cccc(-c2cccc(C)c2C(=O)O)c1O. The first-order valence-corrected chi connectivity index (χ1v) is 5.64. The van der Waals surface area contributed by atoms with Crippen LogP contribution in [-0.4, -0.2) is 16.2 Å². The number of hydrogen-bond donors (Lipinski definition) is 2. The second-order valence-electron chi connectivity index (χ2n) is 4.27. The molecule has 2 aromatic rings. The van der Waals surface area contributed by atoms with Crippen molar-refractivity contribution in [1.29, 1.82) is 0 Å². The molecular weight excluding hydrogens is 228 g/mol. The number of phenolic OH excluding ortho intramolecular Hbond substituents is 1. The number of phenols is 1. The second-order valence-corrected chi connectivity index (χ2v) is 4.27. The highest BCUT2D eigenvalue weighted by molar-refractivity contribution is 5.98. The van der Waals surface area contributed by atoms with E-state index in [2.05, 4.69) is 0 Å². The van der Waals surface area contributed by atoms with Crippen LogP contribution in [0.15, 0.2) is 36.4 Å². The Morgan fingerprint density at radius 1 is 0.944 bits per heavy atom. The average molecular weight is 242 g/mol. The highest BCUT2D eigenvalue weighted by atomic mass is 16.4. The number of benzene rings is 2. The number of rotatable bonds is 2. The third-order valence-corrected chi connectivity index (χ3v) is 3.01. The van der Waals surface area contributed by atoms with Gasteiger partial charge in [-0.3, -0.25) is 0 Å². The van der Waals surface area contributed by atoms with Crippen molar-refractivity contribution in [3.63, 3.8) is 0 Å². The van der Waals surface area contributed by atoms with E-state index in [-0.39, 0.29) is 11.3 Å². The molecule has 0 atom stereocenters. The van der Waals surface area contributed by atoms with Gasteiger partial charge in [-0.25, -0.2) is 4.79 Å². The smallest absolute Gasteiger partial charge is 0.336 e. The summed E-state index contributed by atoms with van der Waals surface area (Å²) in [5.41, 5.74) is 2.74. The van der Waals surface area contributed by atoms with Crippen molar-refractivity contribution in [2.24, 2.45) is 0 Å². The van der Waals surface area contributed by atoms with Crippen LogP contribution >= 0.6 is 0 Å². The first-order valence-electron chi connectivity index (χ1n) is 5.64. The van der Waals surface area contributed by atoms with Gasteiger partial charge in [0.05, 0.1) is 5.56 Å². The fourth-order valence-electron chi connectivity index (χ4n) is 2.05. The molecule has 0 saturated carbocycles. The van der Waals surface area contributed by atoms with Gasteiger partial charge in [-0.05, 0) is 25.0 Å². The molecule has 2 aromatic carbocycles. The Kier molecular flexibility index (Phi) is 3.06. The van der Waals surface area contributed by atoms with E-state index in [0.717, 1.165) is 5.56 Å². The molecule has 0 fully saturated rings. The molecule has 0 aliphatic carbocycles. The summed E-state index contributed by atoms with van der Waals surface area (Å²) in [6.45, 7) is 3.54. The Bertz CT molecular complexity index is 615. The number of carboxylic acid groups (broad SMARTS) is 1. The minimum Gasteiger partial charge on any atom is -0.507 e. The van der Waals surface area contributed by atoms with Crippen LogP contribution in [0, 0.1) is 13.8 Å². The fraction of sp³-hybridized carbons (Fsp3) is 0.133. The summed E-state index contributed by atoms with van der Waals surface area (Å²) in [6, 6.07) is 10.6. The molecule has 0 aromatic heterocycles. The molecule has 0 spiro atoms. The van der Waals surface area contributed by atoms with Crippen LogP contribution < -0.4 is 0 Å². The quantitative estimate of drug-likeness (QED) is 0.848. The fourth-order valence-corrected chi connectivity index (χ4v) is 2.05. The van der Waals surface area contributed by atoms with E-state index in [4.69, 9.17) is 0 Å². The van der Waals surface area contributed by atoms with E-state index >= 15 is 0 Å².